The molecule has 9 heteroatoms. The van der Waals surface area contributed by atoms with Gasteiger partial charge in [-0.25, -0.2) is 4.79 Å². The first-order valence-electron chi connectivity index (χ1n) is 7.48. The third-order valence-corrected chi connectivity index (χ3v) is 3.92. The summed E-state index contributed by atoms with van der Waals surface area (Å²) in [6.45, 7) is -0.317. The molecule has 130 valence electrons. The number of hydrogen-bond donors (Lipinski definition) is 1. The molecule has 2 heterocycles. The molecule has 1 saturated heterocycles. The summed E-state index contributed by atoms with van der Waals surface area (Å²) >= 11 is 0. The van der Waals surface area contributed by atoms with E-state index in [1.54, 1.807) is 0 Å². The average molecular weight is 346 g/mol. The van der Waals surface area contributed by atoms with Gasteiger partial charge in [0.15, 0.2) is 0 Å². The zero-order chi connectivity index (χ0) is 18.1. The molecule has 1 aromatic carbocycles. The Bertz CT molecular complexity index is 802. The van der Waals surface area contributed by atoms with Crippen molar-refractivity contribution in [3.8, 4) is 5.75 Å². The van der Waals surface area contributed by atoms with E-state index in [0.717, 1.165) is 4.90 Å². The summed E-state index contributed by atoms with van der Waals surface area (Å²) in [5.74, 6) is -3.37. The molecular formula is C16H14N2O7. The molecule has 0 bridgehead atoms. The topological polar surface area (TPSA) is 119 Å². The van der Waals surface area contributed by atoms with Crippen molar-refractivity contribution >= 4 is 29.6 Å². The van der Waals surface area contributed by atoms with E-state index in [-0.39, 0.29) is 36.3 Å². The minimum atomic E-state index is -1.08. The van der Waals surface area contributed by atoms with Crippen LogP contribution in [0.5, 0.6) is 5.75 Å². The Morgan fingerprint density at radius 1 is 1.24 bits per heavy atom. The van der Waals surface area contributed by atoms with E-state index < -0.39 is 35.6 Å². The molecular weight excluding hydrogens is 332 g/mol. The maximum absolute atomic E-state index is 12.7. The minimum Gasteiger partial charge on any atom is -0.424 e. The van der Waals surface area contributed by atoms with Gasteiger partial charge in [-0.3, -0.25) is 29.4 Å². The molecule has 0 spiro atoms. The molecule has 1 N–H and O–H groups in total. The lowest BCUT2D eigenvalue weighted by atomic mass is 10.0. The standard InChI is InChI=1S/C16H14N2O7/c1-24-7-12(20)25-10-4-2-3-8-13(10)16(23)18(15(8)22)9-5-6-11(19)17-14(9)21/h2-4,9H,5-7H2,1H3,(H,17,19,21). The SMILES string of the molecule is COCC(=O)Oc1cccc2c1C(=O)N(C1CCC(=O)NC1=O)C2=O. The fraction of sp³-hybridized carbons (Fsp3) is 0.312. The van der Waals surface area contributed by atoms with Crippen LogP contribution in [0.3, 0.4) is 0 Å². The van der Waals surface area contributed by atoms with E-state index in [4.69, 9.17) is 4.74 Å². The van der Waals surface area contributed by atoms with Crippen molar-refractivity contribution in [3.05, 3.63) is 29.3 Å². The summed E-state index contributed by atoms with van der Waals surface area (Å²) < 4.78 is 9.74. The van der Waals surface area contributed by atoms with Crippen LogP contribution >= 0.6 is 0 Å². The van der Waals surface area contributed by atoms with Crippen molar-refractivity contribution in [2.24, 2.45) is 0 Å². The molecule has 2 aliphatic heterocycles. The number of ether oxygens (including phenoxy) is 2. The van der Waals surface area contributed by atoms with E-state index in [2.05, 4.69) is 10.1 Å². The highest BCUT2D eigenvalue weighted by atomic mass is 16.6. The molecule has 1 aromatic rings. The minimum absolute atomic E-state index is 0.0273. The second-order valence-corrected chi connectivity index (χ2v) is 5.53. The van der Waals surface area contributed by atoms with E-state index in [0.29, 0.717) is 0 Å². The van der Waals surface area contributed by atoms with Crippen molar-refractivity contribution < 1.29 is 33.4 Å². The quantitative estimate of drug-likeness (QED) is 0.449. The van der Waals surface area contributed by atoms with Crippen molar-refractivity contribution in [2.45, 2.75) is 18.9 Å². The Morgan fingerprint density at radius 3 is 2.68 bits per heavy atom. The summed E-state index contributed by atoms with van der Waals surface area (Å²) in [5.41, 5.74) is -0.0425. The molecule has 2 aliphatic rings. The van der Waals surface area contributed by atoms with Gasteiger partial charge < -0.3 is 9.47 Å². The Balaban J connectivity index is 1.93. The van der Waals surface area contributed by atoms with Crippen LogP contribution in [-0.2, 0) is 19.1 Å². The summed E-state index contributed by atoms with van der Waals surface area (Å²) in [6.07, 6.45) is 0.0778. The lowest BCUT2D eigenvalue weighted by molar-refractivity contribution is -0.139. The van der Waals surface area contributed by atoms with Gasteiger partial charge in [0.1, 0.15) is 18.4 Å². The molecule has 4 amide bonds. The Hall–Kier alpha value is -3.07. The predicted octanol–water partition coefficient (Wildman–Crippen LogP) is -0.360. The number of hydrogen-bond acceptors (Lipinski definition) is 7. The molecule has 1 fully saturated rings. The van der Waals surface area contributed by atoms with Gasteiger partial charge in [-0.15, -0.1) is 0 Å². The van der Waals surface area contributed by atoms with Gasteiger partial charge in [-0.05, 0) is 18.6 Å². The second kappa shape index (κ2) is 6.44. The number of rotatable bonds is 4. The largest absolute Gasteiger partial charge is 0.424 e. The molecule has 0 aliphatic carbocycles. The lowest BCUT2D eigenvalue weighted by Crippen LogP contribution is -2.54. The number of imide groups is 2. The van der Waals surface area contributed by atoms with Crippen molar-refractivity contribution in [1.29, 1.82) is 0 Å². The first-order chi connectivity index (χ1) is 11.9. The Kier molecular flexibility index (Phi) is 4.32. The van der Waals surface area contributed by atoms with Crippen LogP contribution in [0.1, 0.15) is 33.6 Å². The Morgan fingerprint density at radius 2 is 2.00 bits per heavy atom. The van der Waals surface area contributed by atoms with Gasteiger partial charge in [0.2, 0.25) is 11.8 Å². The maximum atomic E-state index is 12.7. The highest BCUT2D eigenvalue weighted by molar-refractivity contribution is 6.24. The van der Waals surface area contributed by atoms with Gasteiger partial charge in [-0.1, -0.05) is 6.07 Å². The van der Waals surface area contributed by atoms with Crippen LogP contribution in [0.25, 0.3) is 0 Å². The zero-order valence-corrected chi connectivity index (χ0v) is 13.2. The number of amides is 4. The predicted molar refractivity (Wildman–Crippen MR) is 80.6 cm³/mol. The zero-order valence-electron chi connectivity index (χ0n) is 13.2. The average Bonchev–Trinajstić information content (AvgIpc) is 2.81. The molecule has 9 nitrogen and oxygen atoms in total. The van der Waals surface area contributed by atoms with Gasteiger partial charge in [0.25, 0.3) is 11.8 Å². The summed E-state index contributed by atoms with van der Waals surface area (Å²) in [6, 6.07) is 3.18. The van der Waals surface area contributed by atoms with E-state index in [1.165, 1.54) is 25.3 Å². The third kappa shape index (κ3) is 2.89. The number of nitrogens with zero attached hydrogens (tertiary/aromatic N) is 1. The van der Waals surface area contributed by atoms with Crippen LogP contribution in [0, 0.1) is 0 Å². The molecule has 1 unspecified atom stereocenters. The first kappa shape index (κ1) is 16.8. The summed E-state index contributed by atoms with van der Waals surface area (Å²) in [4.78, 5) is 61.0. The van der Waals surface area contributed by atoms with Crippen molar-refractivity contribution in [1.82, 2.24) is 10.2 Å². The van der Waals surface area contributed by atoms with E-state index >= 15 is 0 Å². The van der Waals surface area contributed by atoms with E-state index in [1.807, 2.05) is 0 Å². The smallest absolute Gasteiger partial charge is 0.337 e. The van der Waals surface area contributed by atoms with Crippen LogP contribution in [0.4, 0.5) is 0 Å². The van der Waals surface area contributed by atoms with Crippen LogP contribution in [0.15, 0.2) is 18.2 Å². The van der Waals surface area contributed by atoms with Gasteiger partial charge in [0.05, 0.1) is 11.1 Å². The molecule has 3 rings (SSSR count). The van der Waals surface area contributed by atoms with Gasteiger partial charge >= 0.3 is 5.97 Å². The number of piperidine rings is 1. The second-order valence-electron chi connectivity index (χ2n) is 5.53. The number of esters is 1. The Labute approximate surface area is 141 Å². The molecule has 0 radical (unpaired) electrons. The number of fused-ring (bicyclic) bond motifs is 1. The third-order valence-electron chi connectivity index (χ3n) is 3.92. The van der Waals surface area contributed by atoms with Crippen LogP contribution in [0.2, 0.25) is 0 Å². The maximum Gasteiger partial charge on any atom is 0.337 e. The number of carbonyl (C=O) groups excluding carboxylic acids is 5. The number of nitrogens with one attached hydrogen (secondary N) is 1. The van der Waals surface area contributed by atoms with Gasteiger partial charge in [-0.2, -0.15) is 0 Å². The molecule has 25 heavy (non-hydrogen) atoms. The fourth-order valence-corrected chi connectivity index (χ4v) is 2.84. The molecule has 0 saturated carbocycles. The van der Waals surface area contributed by atoms with Crippen LogP contribution in [-0.4, -0.2) is 54.3 Å². The summed E-state index contributed by atoms with van der Waals surface area (Å²) in [7, 11) is 1.32. The number of carbonyl (C=O) groups is 5. The monoisotopic (exact) mass is 346 g/mol. The van der Waals surface area contributed by atoms with Crippen molar-refractivity contribution in [3.63, 3.8) is 0 Å². The highest BCUT2D eigenvalue weighted by Crippen LogP contribution is 2.33. The normalized spacial score (nSPS) is 19.7. The molecule has 0 aromatic heterocycles. The lowest BCUT2D eigenvalue weighted by Gasteiger charge is -2.27. The van der Waals surface area contributed by atoms with Crippen molar-refractivity contribution in [2.75, 3.05) is 13.7 Å². The number of benzene rings is 1. The van der Waals surface area contributed by atoms with Gasteiger partial charge in [0, 0.05) is 13.5 Å². The highest BCUT2D eigenvalue weighted by Gasteiger charge is 2.46. The fourth-order valence-electron chi connectivity index (χ4n) is 2.84. The van der Waals surface area contributed by atoms with E-state index in [9.17, 15) is 24.0 Å². The van der Waals surface area contributed by atoms with Crippen LogP contribution < -0.4 is 10.1 Å². The number of methoxy groups -OCH3 is 1. The molecule has 1 atom stereocenters. The summed E-state index contributed by atoms with van der Waals surface area (Å²) in [5, 5.41) is 2.11. The first-order valence-corrected chi connectivity index (χ1v) is 7.48.